The Morgan fingerprint density at radius 2 is 2.14 bits per heavy atom. The van der Waals surface area contributed by atoms with Crippen molar-refractivity contribution in [2.75, 3.05) is 11.5 Å². The molecule has 2 aromatic rings. The summed E-state index contributed by atoms with van der Waals surface area (Å²) in [4.78, 5) is 0.774. The molecule has 0 saturated carbocycles. The second-order valence-corrected chi connectivity index (χ2v) is 9.71. The summed E-state index contributed by atoms with van der Waals surface area (Å²) in [5.41, 5.74) is -0.113. The summed E-state index contributed by atoms with van der Waals surface area (Å²) >= 11 is 1.48. The van der Waals surface area contributed by atoms with Crippen LogP contribution in [0.3, 0.4) is 0 Å². The number of nitrogens with one attached hydrogen (secondary N) is 1. The van der Waals surface area contributed by atoms with Crippen LogP contribution in [-0.4, -0.2) is 45.8 Å². The highest BCUT2D eigenvalue weighted by Crippen LogP contribution is 2.23. The molecule has 1 atom stereocenters. The Morgan fingerprint density at radius 3 is 2.76 bits per heavy atom. The first-order valence-electron chi connectivity index (χ1n) is 6.90. The van der Waals surface area contributed by atoms with Gasteiger partial charge in [0.1, 0.15) is 5.01 Å². The molecule has 1 saturated heterocycles. The number of fused-ring (bicyclic) bond motifs is 1. The molecule has 1 N–H and O–H groups in total. The summed E-state index contributed by atoms with van der Waals surface area (Å²) in [5, 5.41) is 17.0. The van der Waals surface area contributed by atoms with Gasteiger partial charge in [-0.2, -0.15) is 9.61 Å². The average molecular weight is 329 g/mol. The lowest BCUT2D eigenvalue weighted by Crippen LogP contribution is -2.29. The molecule has 1 fully saturated rings. The van der Waals surface area contributed by atoms with Crippen LogP contribution in [0.2, 0.25) is 0 Å². The van der Waals surface area contributed by atoms with Gasteiger partial charge in [-0.05, 0) is 6.42 Å². The Labute approximate surface area is 127 Å². The van der Waals surface area contributed by atoms with Gasteiger partial charge in [0.25, 0.3) is 0 Å². The van der Waals surface area contributed by atoms with Gasteiger partial charge in [-0.15, -0.1) is 10.2 Å². The number of rotatable bonds is 3. The van der Waals surface area contributed by atoms with Gasteiger partial charge in [0.2, 0.25) is 4.96 Å². The van der Waals surface area contributed by atoms with E-state index in [0.717, 1.165) is 15.8 Å². The van der Waals surface area contributed by atoms with Crippen LogP contribution in [0.1, 0.15) is 38.0 Å². The van der Waals surface area contributed by atoms with Crippen LogP contribution in [0.15, 0.2) is 0 Å². The van der Waals surface area contributed by atoms with Gasteiger partial charge in [-0.3, -0.25) is 0 Å². The molecule has 0 amide bonds. The highest BCUT2D eigenvalue weighted by atomic mass is 32.2. The van der Waals surface area contributed by atoms with E-state index in [1.54, 1.807) is 4.52 Å². The van der Waals surface area contributed by atoms with E-state index in [1.807, 2.05) is 0 Å². The van der Waals surface area contributed by atoms with Gasteiger partial charge in [-0.25, -0.2) is 8.42 Å². The molecular formula is C12H19N5O2S2. The fraction of sp³-hybridized carbons (Fsp3) is 0.750. The van der Waals surface area contributed by atoms with Crippen molar-refractivity contribution in [3.05, 3.63) is 10.8 Å². The van der Waals surface area contributed by atoms with Gasteiger partial charge < -0.3 is 5.32 Å². The Bertz CT molecular complexity index is 756. The Balaban J connectivity index is 1.72. The maximum atomic E-state index is 11.4. The quantitative estimate of drug-likeness (QED) is 0.894. The smallest absolute Gasteiger partial charge is 0.234 e. The largest absolute Gasteiger partial charge is 0.307 e. The lowest BCUT2D eigenvalue weighted by molar-refractivity contribution is 0.520. The molecule has 7 nitrogen and oxygen atoms in total. The van der Waals surface area contributed by atoms with E-state index in [0.29, 0.717) is 13.0 Å². The van der Waals surface area contributed by atoms with Crippen molar-refractivity contribution < 1.29 is 8.42 Å². The summed E-state index contributed by atoms with van der Waals surface area (Å²) in [7, 11) is -2.85. The van der Waals surface area contributed by atoms with Crippen LogP contribution < -0.4 is 5.32 Å². The van der Waals surface area contributed by atoms with Gasteiger partial charge in [-0.1, -0.05) is 32.1 Å². The van der Waals surface area contributed by atoms with E-state index in [-0.39, 0.29) is 23.0 Å². The zero-order valence-electron chi connectivity index (χ0n) is 12.3. The highest BCUT2D eigenvalue weighted by molar-refractivity contribution is 7.91. The van der Waals surface area contributed by atoms with Crippen molar-refractivity contribution in [3.63, 3.8) is 0 Å². The fourth-order valence-electron chi connectivity index (χ4n) is 2.38. The molecule has 3 rings (SSSR count). The van der Waals surface area contributed by atoms with E-state index in [4.69, 9.17) is 0 Å². The molecule has 2 aromatic heterocycles. The van der Waals surface area contributed by atoms with Crippen LogP contribution in [0.4, 0.5) is 0 Å². The van der Waals surface area contributed by atoms with Crippen molar-refractivity contribution in [1.82, 2.24) is 25.1 Å². The molecule has 1 aliphatic rings. The molecule has 0 radical (unpaired) electrons. The lowest BCUT2D eigenvalue weighted by atomic mass is 9.96. The first-order chi connectivity index (χ1) is 9.74. The molecule has 0 aromatic carbocycles. The van der Waals surface area contributed by atoms with E-state index in [1.165, 1.54) is 11.3 Å². The summed E-state index contributed by atoms with van der Waals surface area (Å²) < 4.78 is 24.6. The molecule has 116 valence electrons. The van der Waals surface area contributed by atoms with Crippen LogP contribution in [0.25, 0.3) is 4.96 Å². The minimum Gasteiger partial charge on any atom is -0.307 e. The maximum Gasteiger partial charge on any atom is 0.234 e. The molecule has 21 heavy (non-hydrogen) atoms. The summed E-state index contributed by atoms with van der Waals surface area (Å²) in [6.45, 7) is 6.79. The molecule has 1 aliphatic heterocycles. The van der Waals surface area contributed by atoms with Gasteiger partial charge in [0, 0.05) is 18.0 Å². The lowest BCUT2D eigenvalue weighted by Gasteiger charge is -2.13. The standard InChI is InChI=1S/C12H19N5O2S2/c1-12(2,3)10-14-15-11-17(10)16-9(20-11)6-13-8-4-5-21(18,19)7-8/h8,13H,4-7H2,1-3H3. The Kier molecular flexibility index (Phi) is 3.53. The molecule has 1 unspecified atom stereocenters. The van der Waals surface area contributed by atoms with Crippen LogP contribution in [0, 0.1) is 0 Å². The Hall–Kier alpha value is -1.06. The van der Waals surface area contributed by atoms with E-state index in [9.17, 15) is 8.42 Å². The van der Waals surface area contributed by atoms with Crippen molar-refractivity contribution in [1.29, 1.82) is 0 Å². The number of sulfone groups is 1. The average Bonchev–Trinajstić information content (AvgIpc) is 2.97. The first kappa shape index (κ1) is 14.9. The van der Waals surface area contributed by atoms with Crippen molar-refractivity contribution in [3.8, 4) is 0 Å². The summed E-state index contributed by atoms with van der Waals surface area (Å²) in [6, 6.07) is 0.0337. The maximum absolute atomic E-state index is 11.4. The zero-order chi connectivity index (χ0) is 15.3. The number of hydrogen-bond acceptors (Lipinski definition) is 7. The van der Waals surface area contributed by atoms with Gasteiger partial charge in [0.15, 0.2) is 15.7 Å². The Morgan fingerprint density at radius 1 is 1.38 bits per heavy atom. The zero-order valence-corrected chi connectivity index (χ0v) is 14.0. The molecule has 9 heteroatoms. The predicted molar refractivity (Wildman–Crippen MR) is 81.3 cm³/mol. The monoisotopic (exact) mass is 329 g/mol. The third-order valence-electron chi connectivity index (χ3n) is 3.48. The van der Waals surface area contributed by atoms with Crippen LogP contribution in [0.5, 0.6) is 0 Å². The number of aromatic nitrogens is 4. The van der Waals surface area contributed by atoms with E-state index in [2.05, 4.69) is 41.4 Å². The minimum atomic E-state index is -2.85. The number of nitrogens with zero attached hydrogens (tertiary/aromatic N) is 4. The summed E-state index contributed by atoms with van der Waals surface area (Å²) in [5.74, 6) is 1.34. The number of hydrogen-bond donors (Lipinski definition) is 1. The van der Waals surface area contributed by atoms with Gasteiger partial charge >= 0.3 is 0 Å². The summed E-state index contributed by atoms with van der Waals surface area (Å²) in [6.07, 6.45) is 0.680. The second-order valence-electron chi connectivity index (χ2n) is 6.44. The molecule has 0 bridgehead atoms. The minimum absolute atomic E-state index is 0.0337. The molecule has 0 aliphatic carbocycles. The van der Waals surface area contributed by atoms with Crippen LogP contribution in [-0.2, 0) is 21.8 Å². The van der Waals surface area contributed by atoms with Crippen molar-refractivity contribution in [2.45, 2.75) is 45.2 Å². The third kappa shape index (κ3) is 3.09. The predicted octanol–water partition coefficient (Wildman–Crippen LogP) is 0.760. The highest BCUT2D eigenvalue weighted by Gasteiger charge is 2.28. The second kappa shape index (κ2) is 4.99. The van der Waals surface area contributed by atoms with Gasteiger partial charge in [0.05, 0.1) is 11.5 Å². The van der Waals surface area contributed by atoms with Crippen molar-refractivity contribution >= 4 is 26.1 Å². The fourth-order valence-corrected chi connectivity index (χ4v) is 4.88. The van der Waals surface area contributed by atoms with Crippen LogP contribution >= 0.6 is 11.3 Å². The third-order valence-corrected chi connectivity index (χ3v) is 6.14. The van der Waals surface area contributed by atoms with Crippen molar-refractivity contribution in [2.24, 2.45) is 0 Å². The van der Waals surface area contributed by atoms with E-state index >= 15 is 0 Å². The normalized spacial score (nSPS) is 22.1. The molecule has 0 spiro atoms. The molecule has 3 heterocycles. The first-order valence-corrected chi connectivity index (χ1v) is 9.54. The SMILES string of the molecule is CC(C)(C)c1nnc2sc(CNC3CCS(=O)(=O)C3)nn12. The van der Waals surface area contributed by atoms with E-state index < -0.39 is 9.84 Å². The molecular weight excluding hydrogens is 310 g/mol. The topological polar surface area (TPSA) is 89.2 Å².